The molecule has 0 aliphatic carbocycles. The average molecular weight is 885 g/mol. The number of carbonyl (C=O) groups excluding carboxylic acids is 12. The molecule has 0 aromatic rings. The predicted octanol–water partition coefficient (Wildman–Crippen LogP) is -7.09. The van der Waals surface area contributed by atoms with Gasteiger partial charge in [-0.15, -0.1) is 0 Å². The third kappa shape index (κ3) is 20.9. The Kier molecular flexibility index (Phi) is 23.4. The van der Waals surface area contributed by atoms with Gasteiger partial charge in [-0.1, -0.05) is 0 Å². The van der Waals surface area contributed by atoms with Crippen molar-refractivity contribution >= 4 is 76.9 Å². The van der Waals surface area contributed by atoms with E-state index in [0.29, 0.717) is 0 Å². The van der Waals surface area contributed by atoms with E-state index in [1.165, 1.54) is 77.4 Å². The van der Waals surface area contributed by atoms with Crippen LogP contribution in [0.25, 0.3) is 0 Å². The molecule has 0 aromatic heterocycles. The van der Waals surface area contributed by atoms with Gasteiger partial charge in [0.15, 0.2) is 0 Å². The summed E-state index contributed by atoms with van der Waals surface area (Å²) in [5.41, 5.74) is 0. The van der Waals surface area contributed by atoms with Crippen molar-refractivity contribution in [3.05, 3.63) is 0 Å². The molecule has 0 fully saturated rings. The first-order chi connectivity index (χ1) is 28.6. The molecular weight excluding hydrogens is 824 g/mol. The van der Waals surface area contributed by atoms with Crippen molar-refractivity contribution in [3.63, 3.8) is 0 Å². The van der Waals surface area contributed by atoms with Crippen molar-refractivity contribution in [2.45, 2.75) is 6.92 Å². The Hall–Kier alpha value is -6.89. The van der Waals surface area contributed by atoms with E-state index >= 15 is 0 Å². The number of likely N-dealkylation sites (N-methyl/N-ethyl adjacent to an activating group) is 10. The zero-order valence-electron chi connectivity index (χ0n) is 37.2. The Morgan fingerprint density at radius 3 is 0.694 bits per heavy atom. The quantitative estimate of drug-likeness (QED) is 0.0812. The predicted molar refractivity (Wildman–Crippen MR) is 216 cm³/mol. The summed E-state index contributed by atoms with van der Waals surface area (Å²) in [5, 5.41) is 13.4. The molecule has 3 N–H and O–H groups in total. The molecule has 0 rings (SSSR count). The second-order valence-corrected chi connectivity index (χ2v) is 14.6. The maximum atomic E-state index is 12.9. The summed E-state index contributed by atoms with van der Waals surface area (Å²) in [4.78, 5) is 170. The number of rotatable bonds is 24. The lowest BCUT2D eigenvalue weighted by molar-refractivity contribution is -0.147. The van der Waals surface area contributed by atoms with Gasteiger partial charge in [-0.3, -0.25) is 62.3 Å². The number of hydrogen-bond acceptors (Lipinski definition) is 13. The smallest absolute Gasteiger partial charge is 0.323 e. The lowest BCUT2D eigenvalue weighted by Gasteiger charge is -2.27. The number of carboxylic acid groups (broad SMARTS) is 1. The molecule has 0 aromatic carbocycles. The van der Waals surface area contributed by atoms with Crippen molar-refractivity contribution < 1.29 is 67.4 Å². The van der Waals surface area contributed by atoms with E-state index in [1.807, 2.05) is 0 Å². The fourth-order valence-electron chi connectivity index (χ4n) is 4.57. The molecule has 0 saturated carbocycles. The highest BCUT2D eigenvalue weighted by Gasteiger charge is 2.26. The molecule has 0 unspecified atom stereocenters. The highest BCUT2D eigenvalue weighted by molar-refractivity contribution is 5.94. The molecular formula is C36H60N12O14. The molecule has 0 aliphatic rings. The van der Waals surface area contributed by atoms with Crippen LogP contribution in [-0.2, 0) is 62.3 Å². The van der Waals surface area contributed by atoms with Gasteiger partial charge >= 0.3 is 5.97 Å². The number of aliphatic carboxylic acids is 1. The van der Waals surface area contributed by atoms with Crippen LogP contribution in [0.15, 0.2) is 0 Å². The molecule has 0 spiro atoms. The Bertz CT molecular complexity index is 1730. The van der Waals surface area contributed by atoms with Crippen LogP contribution in [0.3, 0.4) is 0 Å². The van der Waals surface area contributed by atoms with Crippen LogP contribution in [0.2, 0.25) is 0 Å². The molecule has 62 heavy (non-hydrogen) atoms. The third-order valence-corrected chi connectivity index (χ3v) is 8.92. The summed E-state index contributed by atoms with van der Waals surface area (Å²) in [7, 11) is 13.0. The van der Waals surface area contributed by atoms with Crippen LogP contribution < -0.4 is 10.6 Å². The van der Waals surface area contributed by atoms with Gasteiger partial charge in [-0.25, -0.2) is 0 Å². The van der Waals surface area contributed by atoms with E-state index < -0.39 is 149 Å². The molecule has 26 nitrogen and oxygen atoms in total. The van der Waals surface area contributed by atoms with Gasteiger partial charge in [-0.05, 0) is 0 Å². The first-order valence-electron chi connectivity index (χ1n) is 18.7. The van der Waals surface area contributed by atoms with Gasteiger partial charge in [0.1, 0.15) is 6.54 Å². The maximum absolute atomic E-state index is 12.9. The van der Waals surface area contributed by atoms with Crippen molar-refractivity contribution in [2.24, 2.45) is 0 Å². The van der Waals surface area contributed by atoms with Crippen LogP contribution in [-0.4, -0.2) is 280 Å². The largest absolute Gasteiger partial charge is 0.480 e. The molecule has 0 heterocycles. The SMILES string of the molecule is CC(=O)NCC(=O)NCC(=O)N(C)CC(=O)N(C)CC(=O)N(C)CC(=O)N(C)CC(=O)N(C)CC(=O)N(C)CC(=O)N(C)CC(=O)N(C)CC(=O)N(C)CC(=O)N(C)CC(=O)O. The fraction of sp³-hybridized carbons (Fsp3) is 0.639. The monoisotopic (exact) mass is 884 g/mol. The van der Waals surface area contributed by atoms with Gasteiger partial charge in [-0.2, -0.15) is 0 Å². The third-order valence-electron chi connectivity index (χ3n) is 8.92. The van der Waals surface area contributed by atoms with E-state index in [2.05, 4.69) is 10.6 Å². The van der Waals surface area contributed by atoms with Crippen molar-refractivity contribution in [2.75, 3.05) is 149 Å². The number of hydrogen-bond donors (Lipinski definition) is 3. The van der Waals surface area contributed by atoms with Crippen molar-refractivity contribution in [3.8, 4) is 0 Å². The van der Waals surface area contributed by atoms with Gasteiger partial charge in [0.25, 0.3) is 0 Å². The topological polar surface area (TPSA) is 299 Å². The number of carboxylic acids is 1. The van der Waals surface area contributed by atoms with Gasteiger partial charge < -0.3 is 64.7 Å². The van der Waals surface area contributed by atoms with Crippen LogP contribution >= 0.6 is 0 Å². The van der Waals surface area contributed by atoms with Gasteiger partial charge in [0, 0.05) is 77.4 Å². The van der Waals surface area contributed by atoms with Crippen LogP contribution in [0, 0.1) is 0 Å². The standard InChI is InChI=1S/C36H60N12O14/c1-24(49)37-12-25(50)38-13-26(51)39(2)14-27(52)40(3)15-28(53)41(4)16-29(54)42(5)17-30(55)43(6)18-31(56)44(7)19-32(57)45(8)20-33(58)46(9)21-34(59)47(10)22-35(60)48(11)23-36(61)62/h12-23H2,1-11H3,(H,37,49)(H,38,50)(H,61,62). The minimum atomic E-state index is -1.23. The van der Waals surface area contributed by atoms with Crippen molar-refractivity contribution in [1.82, 2.24) is 59.6 Å². The zero-order valence-corrected chi connectivity index (χ0v) is 37.2. The molecule has 0 atom stereocenters. The summed E-state index contributed by atoms with van der Waals surface area (Å²) >= 11 is 0. The number of nitrogens with zero attached hydrogens (tertiary/aromatic N) is 10. The van der Waals surface area contributed by atoms with Crippen LogP contribution in [0.4, 0.5) is 0 Å². The van der Waals surface area contributed by atoms with E-state index in [4.69, 9.17) is 5.11 Å². The Morgan fingerprint density at radius 1 is 0.306 bits per heavy atom. The average Bonchev–Trinajstić information content (AvgIpc) is 3.17. The van der Waals surface area contributed by atoms with Crippen LogP contribution in [0.1, 0.15) is 6.92 Å². The first kappa shape index (κ1) is 55.1. The summed E-state index contributed by atoms with van der Waals surface area (Å²) in [6.07, 6.45) is 0. The number of nitrogens with one attached hydrogen (secondary N) is 2. The van der Waals surface area contributed by atoms with E-state index in [9.17, 15) is 62.3 Å². The minimum absolute atomic E-state index is 0.326. The molecule has 12 amide bonds. The second-order valence-electron chi connectivity index (χ2n) is 14.6. The maximum Gasteiger partial charge on any atom is 0.323 e. The summed E-state index contributed by atoms with van der Waals surface area (Å²) in [6.45, 7) is -4.20. The van der Waals surface area contributed by atoms with E-state index in [0.717, 1.165) is 49.0 Å². The van der Waals surface area contributed by atoms with E-state index in [-0.39, 0.29) is 6.54 Å². The summed E-state index contributed by atoms with van der Waals surface area (Å²) in [6, 6.07) is 0. The highest BCUT2D eigenvalue weighted by atomic mass is 16.4. The molecule has 0 aliphatic heterocycles. The Labute approximate surface area is 359 Å². The number of amides is 12. The highest BCUT2D eigenvalue weighted by Crippen LogP contribution is 2.00. The Morgan fingerprint density at radius 2 is 0.500 bits per heavy atom. The minimum Gasteiger partial charge on any atom is -0.480 e. The van der Waals surface area contributed by atoms with Gasteiger partial charge in [0.2, 0.25) is 70.9 Å². The van der Waals surface area contributed by atoms with Crippen LogP contribution in [0.5, 0.6) is 0 Å². The summed E-state index contributed by atoms with van der Waals surface area (Å²) in [5.74, 6) is -8.60. The van der Waals surface area contributed by atoms with Gasteiger partial charge in [0.05, 0.1) is 72.0 Å². The molecule has 348 valence electrons. The second kappa shape index (κ2) is 26.3. The molecule has 0 saturated heterocycles. The van der Waals surface area contributed by atoms with E-state index in [1.54, 1.807) is 0 Å². The normalized spacial score (nSPS) is 10.2. The Balaban J connectivity index is 4.87. The lowest BCUT2D eigenvalue weighted by Crippen LogP contribution is -2.49. The number of carbonyl (C=O) groups is 13. The summed E-state index contributed by atoms with van der Waals surface area (Å²) < 4.78 is 0. The molecule has 26 heteroatoms. The fourth-order valence-corrected chi connectivity index (χ4v) is 4.57. The van der Waals surface area contributed by atoms with Crippen molar-refractivity contribution in [1.29, 1.82) is 0 Å². The molecule has 0 bridgehead atoms. The molecule has 0 radical (unpaired) electrons. The first-order valence-corrected chi connectivity index (χ1v) is 18.7. The zero-order chi connectivity index (χ0) is 48.2. The lowest BCUT2D eigenvalue weighted by atomic mass is 10.3.